The maximum absolute atomic E-state index is 10.6. The molecule has 0 bridgehead atoms. The third kappa shape index (κ3) is 4.17. The van der Waals surface area contributed by atoms with Crippen molar-refractivity contribution in [3.05, 3.63) is 10.1 Å². The van der Waals surface area contributed by atoms with Crippen molar-refractivity contribution in [2.75, 3.05) is 13.2 Å². The van der Waals surface area contributed by atoms with Crippen molar-refractivity contribution in [2.45, 2.75) is 44.9 Å². The first-order valence-corrected chi connectivity index (χ1v) is 5.40. The van der Waals surface area contributed by atoms with Crippen LogP contribution in [-0.4, -0.2) is 30.0 Å². The van der Waals surface area contributed by atoms with E-state index in [-0.39, 0.29) is 12.9 Å². The fourth-order valence-corrected chi connectivity index (χ4v) is 1.28. The van der Waals surface area contributed by atoms with Crippen LogP contribution in [0.4, 0.5) is 0 Å². The minimum absolute atomic E-state index is 0.182. The van der Waals surface area contributed by atoms with E-state index in [4.69, 9.17) is 9.47 Å². The van der Waals surface area contributed by atoms with E-state index in [2.05, 4.69) is 11.8 Å². The van der Waals surface area contributed by atoms with Gasteiger partial charge in [-0.3, -0.25) is 10.1 Å². The second-order valence-electron chi connectivity index (χ2n) is 4.23. The minimum atomic E-state index is -1.21. The van der Waals surface area contributed by atoms with Crippen molar-refractivity contribution in [1.29, 1.82) is 0 Å². The molecule has 1 heterocycles. The van der Waals surface area contributed by atoms with E-state index >= 15 is 0 Å². The van der Waals surface area contributed by atoms with Crippen molar-refractivity contribution >= 4 is 0 Å². The minimum Gasteiger partial charge on any atom is -0.353 e. The average molecular weight is 227 g/mol. The number of nitro groups is 1. The maximum atomic E-state index is 10.6. The third-order valence-electron chi connectivity index (χ3n) is 2.33. The molecule has 1 fully saturated rings. The molecule has 0 N–H and O–H groups in total. The summed E-state index contributed by atoms with van der Waals surface area (Å²) in [4.78, 5) is 10.1. The number of rotatable bonds is 3. The van der Waals surface area contributed by atoms with Gasteiger partial charge in [-0.15, -0.1) is 0 Å². The molecule has 0 aliphatic carbocycles. The highest BCUT2D eigenvalue weighted by Crippen LogP contribution is 2.13. The molecule has 0 aromatic heterocycles. The van der Waals surface area contributed by atoms with Crippen molar-refractivity contribution in [2.24, 2.45) is 0 Å². The predicted octanol–water partition coefficient (Wildman–Crippen LogP) is 1.59. The molecule has 1 rings (SSSR count). The second-order valence-corrected chi connectivity index (χ2v) is 4.23. The van der Waals surface area contributed by atoms with E-state index in [1.165, 1.54) is 13.8 Å². The first-order chi connectivity index (χ1) is 7.52. The molecule has 0 aromatic carbocycles. The lowest BCUT2D eigenvalue weighted by Gasteiger charge is -2.21. The zero-order valence-corrected chi connectivity index (χ0v) is 9.69. The number of nitrogens with zero attached hydrogens (tertiary/aromatic N) is 1. The van der Waals surface area contributed by atoms with Gasteiger partial charge >= 0.3 is 0 Å². The van der Waals surface area contributed by atoms with Gasteiger partial charge in [-0.05, 0) is 25.2 Å². The lowest BCUT2D eigenvalue weighted by molar-refractivity contribution is -0.542. The van der Waals surface area contributed by atoms with Gasteiger partial charge in [0.15, 0.2) is 6.29 Å². The summed E-state index contributed by atoms with van der Waals surface area (Å²) < 4.78 is 10.7. The molecule has 0 saturated carbocycles. The molecule has 90 valence electrons. The van der Waals surface area contributed by atoms with Crippen molar-refractivity contribution in [1.82, 2.24) is 0 Å². The van der Waals surface area contributed by atoms with Crippen LogP contribution in [0.5, 0.6) is 0 Å². The van der Waals surface area contributed by atoms with Crippen LogP contribution in [0, 0.1) is 22.0 Å². The standard InChI is InChI=1S/C11H17NO4/c1-11(2,12(13)14)7-5-9-16-10-6-3-4-8-15-10/h10H,3-4,6,8-9H2,1-2H3. The molecule has 16 heavy (non-hydrogen) atoms. The Balaban J connectivity index is 2.29. The topological polar surface area (TPSA) is 61.6 Å². The fraction of sp³-hybridized carbons (Fsp3) is 0.818. The van der Waals surface area contributed by atoms with E-state index in [0.29, 0.717) is 0 Å². The van der Waals surface area contributed by atoms with Crippen molar-refractivity contribution in [3.63, 3.8) is 0 Å². The zero-order valence-electron chi connectivity index (χ0n) is 9.69. The van der Waals surface area contributed by atoms with Gasteiger partial charge in [0.25, 0.3) is 5.54 Å². The van der Waals surface area contributed by atoms with Gasteiger partial charge in [-0.1, -0.05) is 5.92 Å². The smallest absolute Gasteiger partial charge is 0.275 e. The summed E-state index contributed by atoms with van der Waals surface area (Å²) in [5.41, 5.74) is -1.21. The molecular formula is C11H17NO4. The summed E-state index contributed by atoms with van der Waals surface area (Å²) in [6, 6.07) is 0. The lowest BCUT2D eigenvalue weighted by Crippen LogP contribution is -2.28. The van der Waals surface area contributed by atoms with Gasteiger partial charge in [-0.25, -0.2) is 0 Å². The van der Waals surface area contributed by atoms with Crippen LogP contribution in [0.3, 0.4) is 0 Å². The number of hydrogen-bond acceptors (Lipinski definition) is 4. The Labute approximate surface area is 95.3 Å². The molecule has 1 unspecified atom stereocenters. The van der Waals surface area contributed by atoms with Crippen LogP contribution in [0.1, 0.15) is 33.1 Å². The molecule has 1 saturated heterocycles. The molecule has 5 heteroatoms. The highest BCUT2D eigenvalue weighted by molar-refractivity contribution is 5.10. The first kappa shape index (κ1) is 12.9. The molecule has 1 aliphatic rings. The summed E-state index contributed by atoms with van der Waals surface area (Å²) in [5.74, 6) is 5.23. The van der Waals surface area contributed by atoms with Crippen LogP contribution < -0.4 is 0 Å². The van der Waals surface area contributed by atoms with E-state index in [1.807, 2.05) is 0 Å². The summed E-state index contributed by atoms with van der Waals surface area (Å²) in [7, 11) is 0. The van der Waals surface area contributed by atoms with Gasteiger partial charge in [-0.2, -0.15) is 0 Å². The SMILES string of the molecule is CC(C)(C#CCOC1CCCCO1)[N+](=O)[O-]. The van der Waals surface area contributed by atoms with E-state index < -0.39 is 10.5 Å². The highest BCUT2D eigenvalue weighted by atomic mass is 16.7. The quantitative estimate of drug-likeness (QED) is 0.417. The first-order valence-electron chi connectivity index (χ1n) is 5.40. The Bertz CT molecular complexity index is 297. The van der Waals surface area contributed by atoms with Crippen LogP contribution in [0.2, 0.25) is 0 Å². The Hall–Kier alpha value is -1.12. The summed E-state index contributed by atoms with van der Waals surface area (Å²) in [6.07, 6.45) is 2.85. The van der Waals surface area contributed by atoms with Crippen LogP contribution >= 0.6 is 0 Å². The Morgan fingerprint density at radius 3 is 2.88 bits per heavy atom. The Morgan fingerprint density at radius 2 is 2.31 bits per heavy atom. The molecule has 0 radical (unpaired) electrons. The van der Waals surface area contributed by atoms with E-state index in [1.54, 1.807) is 0 Å². The van der Waals surface area contributed by atoms with Gasteiger partial charge in [0.1, 0.15) is 6.61 Å². The van der Waals surface area contributed by atoms with Crippen LogP contribution in [-0.2, 0) is 9.47 Å². The van der Waals surface area contributed by atoms with Gasteiger partial charge in [0.2, 0.25) is 0 Å². The fourth-order valence-electron chi connectivity index (χ4n) is 1.28. The maximum Gasteiger partial charge on any atom is 0.275 e. The average Bonchev–Trinajstić information content (AvgIpc) is 2.26. The third-order valence-corrected chi connectivity index (χ3v) is 2.33. The molecule has 1 atom stereocenters. The van der Waals surface area contributed by atoms with Crippen molar-refractivity contribution in [3.8, 4) is 11.8 Å². The molecule has 0 spiro atoms. The molecule has 0 aromatic rings. The van der Waals surface area contributed by atoms with Gasteiger partial charge in [0, 0.05) is 25.4 Å². The monoisotopic (exact) mass is 227 g/mol. The van der Waals surface area contributed by atoms with Crippen LogP contribution in [0.25, 0.3) is 0 Å². The summed E-state index contributed by atoms with van der Waals surface area (Å²) in [5, 5.41) is 10.6. The molecule has 0 amide bonds. The summed E-state index contributed by atoms with van der Waals surface area (Å²) in [6.45, 7) is 3.84. The van der Waals surface area contributed by atoms with E-state index in [0.717, 1.165) is 25.9 Å². The van der Waals surface area contributed by atoms with Gasteiger partial charge in [0.05, 0.1) is 0 Å². The summed E-state index contributed by atoms with van der Waals surface area (Å²) >= 11 is 0. The number of ether oxygens (including phenoxy) is 2. The zero-order chi connectivity index (χ0) is 12.0. The van der Waals surface area contributed by atoms with Crippen LogP contribution in [0.15, 0.2) is 0 Å². The second kappa shape index (κ2) is 5.83. The van der Waals surface area contributed by atoms with Crippen molar-refractivity contribution < 1.29 is 14.4 Å². The Kier molecular flexibility index (Phi) is 4.71. The largest absolute Gasteiger partial charge is 0.353 e. The number of hydrogen-bond donors (Lipinski definition) is 0. The highest BCUT2D eigenvalue weighted by Gasteiger charge is 2.27. The van der Waals surface area contributed by atoms with E-state index in [9.17, 15) is 10.1 Å². The Morgan fingerprint density at radius 1 is 1.56 bits per heavy atom. The normalized spacial score (nSPS) is 21.0. The molecule has 5 nitrogen and oxygen atoms in total. The molecule has 1 aliphatic heterocycles. The molecular weight excluding hydrogens is 210 g/mol. The van der Waals surface area contributed by atoms with Gasteiger partial charge < -0.3 is 9.47 Å². The lowest BCUT2D eigenvalue weighted by atomic mass is 10.1. The predicted molar refractivity (Wildman–Crippen MR) is 58.4 cm³/mol.